The van der Waals surface area contributed by atoms with Crippen LogP contribution in [0.3, 0.4) is 0 Å². The van der Waals surface area contributed by atoms with Crippen molar-refractivity contribution in [2.45, 2.75) is 25.9 Å². The van der Waals surface area contributed by atoms with Crippen LogP contribution in [0.4, 0.5) is 14.5 Å². The fraction of sp³-hybridized carbons (Fsp3) is 0.190. The van der Waals surface area contributed by atoms with Crippen molar-refractivity contribution in [1.82, 2.24) is 15.1 Å². The Labute approximate surface area is 166 Å². The van der Waals surface area contributed by atoms with Gasteiger partial charge in [-0.05, 0) is 23.6 Å². The monoisotopic (exact) mass is 398 g/mol. The van der Waals surface area contributed by atoms with E-state index in [-0.39, 0.29) is 11.7 Å². The molecule has 6 nitrogen and oxygen atoms in total. The second-order valence-electron chi connectivity index (χ2n) is 6.48. The zero-order chi connectivity index (χ0) is 20.8. The van der Waals surface area contributed by atoms with Crippen LogP contribution in [0.25, 0.3) is 11.1 Å². The smallest absolute Gasteiger partial charge is 0.313 e. The number of carbonyl (C=O) groups excluding carboxylic acids is 2. The first kappa shape index (κ1) is 20.2. The number of amides is 2. The number of alkyl halides is 2. The third-order valence-corrected chi connectivity index (χ3v) is 4.29. The number of hydrogen-bond acceptors (Lipinski definition) is 3. The molecule has 8 heteroatoms. The molecule has 0 saturated heterocycles. The molecule has 29 heavy (non-hydrogen) atoms. The summed E-state index contributed by atoms with van der Waals surface area (Å²) < 4.78 is 25.7. The number of nitrogens with zero attached hydrogens (tertiary/aromatic N) is 2. The number of anilines is 1. The highest BCUT2D eigenvalue weighted by Gasteiger charge is 2.18. The summed E-state index contributed by atoms with van der Waals surface area (Å²) >= 11 is 0. The molecule has 0 aliphatic rings. The highest BCUT2D eigenvalue weighted by molar-refractivity contribution is 6.39. The second kappa shape index (κ2) is 9.09. The maximum Gasteiger partial charge on any atom is 0.313 e. The summed E-state index contributed by atoms with van der Waals surface area (Å²) in [6, 6.07) is 17.2. The molecular formula is C21H20F2N4O2. The lowest BCUT2D eigenvalue weighted by atomic mass is 10.0. The van der Waals surface area contributed by atoms with Gasteiger partial charge in [-0.3, -0.25) is 14.3 Å². The molecule has 3 rings (SSSR count). The van der Waals surface area contributed by atoms with Gasteiger partial charge in [0.1, 0.15) is 6.54 Å². The van der Waals surface area contributed by atoms with Crippen molar-refractivity contribution in [3.63, 3.8) is 0 Å². The van der Waals surface area contributed by atoms with Gasteiger partial charge in [-0.25, -0.2) is 8.78 Å². The Kier molecular flexibility index (Phi) is 6.33. The van der Waals surface area contributed by atoms with E-state index in [1.54, 1.807) is 6.92 Å². The summed E-state index contributed by atoms with van der Waals surface area (Å²) in [7, 11) is 0. The SMILES string of the molecule is C[C@@H](NC(=O)C(=O)Nc1cnn(CC(F)F)c1)c1ccc(-c2ccccc2)cc1. The van der Waals surface area contributed by atoms with Gasteiger partial charge in [-0.15, -0.1) is 0 Å². The fourth-order valence-corrected chi connectivity index (χ4v) is 2.80. The number of nitrogens with one attached hydrogen (secondary N) is 2. The summed E-state index contributed by atoms with van der Waals surface area (Å²) in [5, 5.41) is 8.66. The van der Waals surface area contributed by atoms with Gasteiger partial charge in [0, 0.05) is 6.20 Å². The molecule has 1 atom stereocenters. The molecule has 2 N–H and O–H groups in total. The Bertz CT molecular complexity index is 972. The summed E-state index contributed by atoms with van der Waals surface area (Å²) in [4.78, 5) is 24.2. The molecule has 1 heterocycles. The van der Waals surface area contributed by atoms with Crippen molar-refractivity contribution >= 4 is 17.5 Å². The summed E-state index contributed by atoms with van der Waals surface area (Å²) in [6.07, 6.45) is -0.113. The first-order valence-electron chi connectivity index (χ1n) is 9.00. The van der Waals surface area contributed by atoms with Crippen molar-refractivity contribution in [1.29, 1.82) is 0 Å². The van der Waals surface area contributed by atoms with E-state index in [1.807, 2.05) is 54.6 Å². The van der Waals surface area contributed by atoms with E-state index in [0.717, 1.165) is 21.4 Å². The van der Waals surface area contributed by atoms with Gasteiger partial charge in [0.15, 0.2) is 0 Å². The zero-order valence-corrected chi connectivity index (χ0v) is 15.7. The van der Waals surface area contributed by atoms with Crippen LogP contribution >= 0.6 is 0 Å². The predicted molar refractivity (Wildman–Crippen MR) is 105 cm³/mol. The second-order valence-corrected chi connectivity index (χ2v) is 6.48. The molecule has 1 aromatic heterocycles. The molecule has 0 aliphatic heterocycles. The molecule has 0 fully saturated rings. The molecule has 0 radical (unpaired) electrons. The molecule has 0 bridgehead atoms. The number of rotatable bonds is 6. The molecule has 150 valence electrons. The van der Waals surface area contributed by atoms with Crippen molar-refractivity contribution in [2.24, 2.45) is 0 Å². The maximum absolute atomic E-state index is 12.3. The minimum absolute atomic E-state index is 0.172. The van der Waals surface area contributed by atoms with E-state index >= 15 is 0 Å². The Morgan fingerprint density at radius 2 is 1.66 bits per heavy atom. The lowest BCUT2D eigenvalue weighted by Crippen LogP contribution is -2.36. The lowest BCUT2D eigenvalue weighted by molar-refractivity contribution is -0.136. The molecular weight excluding hydrogens is 378 g/mol. The van der Waals surface area contributed by atoms with E-state index in [1.165, 1.54) is 12.4 Å². The van der Waals surface area contributed by atoms with Crippen molar-refractivity contribution in [3.05, 3.63) is 72.6 Å². The van der Waals surface area contributed by atoms with Crippen molar-refractivity contribution in [2.75, 3.05) is 5.32 Å². The van der Waals surface area contributed by atoms with Gasteiger partial charge in [0.2, 0.25) is 0 Å². The van der Waals surface area contributed by atoms with E-state index in [2.05, 4.69) is 15.7 Å². The number of benzene rings is 2. The Morgan fingerprint density at radius 1 is 1.00 bits per heavy atom. The van der Waals surface area contributed by atoms with E-state index in [0.29, 0.717) is 0 Å². The third-order valence-electron chi connectivity index (χ3n) is 4.29. The zero-order valence-electron chi connectivity index (χ0n) is 15.7. The molecule has 3 aromatic rings. The third kappa shape index (κ3) is 5.47. The lowest BCUT2D eigenvalue weighted by Gasteiger charge is -2.14. The summed E-state index contributed by atoms with van der Waals surface area (Å²) in [5.74, 6) is -1.72. The van der Waals surface area contributed by atoms with E-state index in [9.17, 15) is 18.4 Å². The van der Waals surface area contributed by atoms with Crippen LogP contribution in [-0.2, 0) is 16.1 Å². The normalized spacial score (nSPS) is 11.9. The van der Waals surface area contributed by atoms with E-state index in [4.69, 9.17) is 0 Å². The van der Waals surface area contributed by atoms with Crippen LogP contribution in [0, 0.1) is 0 Å². The van der Waals surface area contributed by atoms with Gasteiger partial charge in [-0.1, -0.05) is 54.6 Å². The predicted octanol–water partition coefficient (Wildman–Crippen LogP) is 3.63. The van der Waals surface area contributed by atoms with Crippen molar-refractivity contribution < 1.29 is 18.4 Å². The molecule has 0 saturated carbocycles. The van der Waals surface area contributed by atoms with Gasteiger partial charge in [0.25, 0.3) is 6.43 Å². The Hall–Kier alpha value is -3.55. The van der Waals surface area contributed by atoms with Crippen LogP contribution in [0.15, 0.2) is 67.0 Å². The fourth-order valence-electron chi connectivity index (χ4n) is 2.80. The maximum atomic E-state index is 12.3. The number of halogens is 2. The summed E-state index contributed by atoms with van der Waals surface area (Å²) in [5.41, 5.74) is 3.15. The number of aromatic nitrogens is 2. The highest BCUT2D eigenvalue weighted by Crippen LogP contribution is 2.21. The van der Waals surface area contributed by atoms with Crippen LogP contribution in [0.1, 0.15) is 18.5 Å². The first-order valence-corrected chi connectivity index (χ1v) is 9.00. The minimum Gasteiger partial charge on any atom is -0.341 e. The van der Waals surface area contributed by atoms with Gasteiger partial charge in [0.05, 0.1) is 17.9 Å². The number of carbonyl (C=O) groups is 2. The average Bonchev–Trinajstić information content (AvgIpc) is 3.14. The average molecular weight is 398 g/mol. The standard InChI is InChI=1S/C21H20F2N4O2/c1-14(15-7-9-17(10-8-15)16-5-3-2-4-6-16)25-20(28)21(29)26-18-11-24-27(12-18)13-19(22)23/h2-12,14,19H,13H2,1H3,(H,25,28)(H,26,29)/t14-/m1/s1. The van der Waals surface area contributed by atoms with Gasteiger partial charge < -0.3 is 10.6 Å². The molecule has 2 aromatic carbocycles. The van der Waals surface area contributed by atoms with Crippen molar-refractivity contribution in [3.8, 4) is 11.1 Å². The van der Waals surface area contributed by atoms with Gasteiger partial charge in [-0.2, -0.15) is 5.10 Å². The van der Waals surface area contributed by atoms with Gasteiger partial charge >= 0.3 is 11.8 Å². The Morgan fingerprint density at radius 3 is 2.31 bits per heavy atom. The molecule has 0 spiro atoms. The van der Waals surface area contributed by atoms with Crippen LogP contribution in [0.2, 0.25) is 0 Å². The minimum atomic E-state index is -2.56. The largest absolute Gasteiger partial charge is 0.341 e. The summed E-state index contributed by atoms with van der Waals surface area (Å²) in [6.45, 7) is 1.18. The van der Waals surface area contributed by atoms with Crippen LogP contribution < -0.4 is 10.6 Å². The molecule has 0 aliphatic carbocycles. The van der Waals surface area contributed by atoms with E-state index < -0.39 is 24.8 Å². The van der Waals surface area contributed by atoms with Crippen LogP contribution in [-0.4, -0.2) is 28.0 Å². The quantitative estimate of drug-likeness (QED) is 0.623. The molecule has 0 unspecified atom stereocenters. The number of hydrogen-bond donors (Lipinski definition) is 2. The topological polar surface area (TPSA) is 76.0 Å². The molecule has 2 amide bonds. The Balaban J connectivity index is 1.56. The van der Waals surface area contributed by atoms with Crippen LogP contribution in [0.5, 0.6) is 0 Å². The first-order chi connectivity index (χ1) is 13.9. The highest BCUT2D eigenvalue weighted by atomic mass is 19.3.